The summed E-state index contributed by atoms with van der Waals surface area (Å²) in [5.74, 6) is 0.00981. The molecule has 0 unspecified atom stereocenters. The van der Waals surface area contributed by atoms with Gasteiger partial charge in [-0.05, 0) is 12.5 Å². The second kappa shape index (κ2) is 3.25. The van der Waals surface area contributed by atoms with E-state index in [1.54, 1.807) is 0 Å². The summed E-state index contributed by atoms with van der Waals surface area (Å²) in [6.45, 7) is 1.91. The fraction of sp³-hybridized carbons (Fsp3) is 0.222. The molecule has 0 bridgehead atoms. The van der Waals surface area contributed by atoms with Gasteiger partial charge in [-0.1, -0.05) is 29.7 Å². The smallest absolute Gasteiger partial charge is 0.139 e. The van der Waals surface area contributed by atoms with Crippen LogP contribution in [0.15, 0.2) is 24.3 Å². The Labute approximate surface area is 68.1 Å². The molecular weight excluding hydrogens is 133 g/mol. The Kier molecular flexibility index (Phi) is 2.33. The van der Waals surface area contributed by atoms with E-state index in [9.17, 15) is 0 Å². The summed E-state index contributed by atoms with van der Waals surface area (Å²) < 4.78 is 0. The standard InChI is InChI=1S/C9H10BN/c1-7(6-11)8-2-4-9(10)5-3-8/h2-5,7H,10H2,1H3/t7-/m1/s1. The van der Waals surface area contributed by atoms with Gasteiger partial charge in [-0.3, -0.25) is 0 Å². The fourth-order valence-electron chi connectivity index (χ4n) is 0.930. The first kappa shape index (κ1) is 7.88. The minimum absolute atomic E-state index is 0.00981. The number of rotatable bonds is 1. The van der Waals surface area contributed by atoms with Crippen molar-refractivity contribution in [3.05, 3.63) is 29.8 Å². The van der Waals surface area contributed by atoms with Gasteiger partial charge in [-0.2, -0.15) is 5.26 Å². The zero-order chi connectivity index (χ0) is 8.27. The molecule has 0 aromatic heterocycles. The second-order valence-corrected chi connectivity index (χ2v) is 2.76. The highest BCUT2D eigenvalue weighted by atomic mass is 14.3. The molecule has 0 radical (unpaired) electrons. The van der Waals surface area contributed by atoms with Crippen LogP contribution in [0.25, 0.3) is 0 Å². The first-order valence-electron chi connectivity index (χ1n) is 3.70. The molecule has 0 N–H and O–H groups in total. The van der Waals surface area contributed by atoms with Gasteiger partial charge in [0.05, 0.1) is 12.0 Å². The summed E-state index contributed by atoms with van der Waals surface area (Å²) in [5.41, 5.74) is 2.33. The molecule has 1 atom stereocenters. The monoisotopic (exact) mass is 143 g/mol. The van der Waals surface area contributed by atoms with Crippen molar-refractivity contribution < 1.29 is 0 Å². The molecule has 0 aliphatic carbocycles. The zero-order valence-electron chi connectivity index (χ0n) is 6.83. The van der Waals surface area contributed by atoms with Crippen LogP contribution in [-0.4, -0.2) is 7.85 Å². The Hall–Kier alpha value is -1.23. The maximum atomic E-state index is 8.61. The van der Waals surface area contributed by atoms with E-state index in [1.807, 2.05) is 39.0 Å². The molecule has 11 heavy (non-hydrogen) atoms. The van der Waals surface area contributed by atoms with Gasteiger partial charge in [0.15, 0.2) is 0 Å². The van der Waals surface area contributed by atoms with E-state index >= 15 is 0 Å². The average Bonchev–Trinajstić information content (AvgIpc) is 2.05. The minimum atomic E-state index is 0.00981. The van der Waals surface area contributed by atoms with Crippen molar-refractivity contribution >= 4 is 13.3 Å². The van der Waals surface area contributed by atoms with Crippen LogP contribution in [0.4, 0.5) is 0 Å². The summed E-state index contributed by atoms with van der Waals surface area (Å²) in [6, 6.07) is 10.3. The van der Waals surface area contributed by atoms with Crippen molar-refractivity contribution in [2.24, 2.45) is 0 Å². The van der Waals surface area contributed by atoms with Gasteiger partial charge >= 0.3 is 0 Å². The first-order chi connectivity index (χ1) is 5.24. The van der Waals surface area contributed by atoms with Crippen molar-refractivity contribution in [2.45, 2.75) is 12.8 Å². The molecule has 0 fully saturated rings. The predicted octanol–water partition coefficient (Wildman–Crippen LogP) is 0.572. The molecule has 0 amide bonds. The third-order valence-corrected chi connectivity index (χ3v) is 1.77. The molecule has 1 aromatic rings. The van der Waals surface area contributed by atoms with Crippen molar-refractivity contribution in [3.8, 4) is 6.07 Å². The zero-order valence-corrected chi connectivity index (χ0v) is 6.83. The van der Waals surface area contributed by atoms with Gasteiger partial charge in [0, 0.05) is 0 Å². The molecular formula is C9H10BN. The molecule has 1 rings (SSSR count). The van der Waals surface area contributed by atoms with Crippen LogP contribution in [0.2, 0.25) is 0 Å². The van der Waals surface area contributed by atoms with Gasteiger partial charge in [0.2, 0.25) is 0 Å². The van der Waals surface area contributed by atoms with Gasteiger partial charge in [0.25, 0.3) is 0 Å². The Bertz CT molecular complexity index is 271. The number of nitrogens with zero attached hydrogens (tertiary/aromatic N) is 1. The van der Waals surface area contributed by atoms with Crippen molar-refractivity contribution in [3.63, 3.8) is 0 Å². The molecule has 54 valence electrons. The highest BCUT2D eigenvalue weighted by Gasteiger charge is 2.00. The lowest BCUT2D eigenvalue weighted by molar-refractivity contribution is 0.983. The second-order valence-electron chi connectivity index (χ2n) is 2.76. The molecule has 0 aliphatic heterocycles. The number of hydrogen-bond donors (Lipinski definition) is 0. The van der Waals surface area contributed by atoms with E-state index in [0.29, 0.717) is 0 Å². The lowest BCUT2D eigenvalue weighted by Crippen LogP contribution is -2.01. The Morgan fingerprint density at radius 1 is 1.36 bits per heavy atom. The molecule has 0 heterocycles. The topological polar surface area (TPSA) is 23.8 Å². The molecule has 2 heteroatoms. The number of benzene rings is 1. The van der Waals surface area contributed by atoms with Gasteiger partial charge in [0.1, 0.15) is 7.85 Å². The quantitative estimate of drug-likeness (QED) is 0.527. The van der Waals surface area contributed by atoms with E-state index in [2.05, 4.69) is 6.07 Å². The van der Waals surface area contributed by atoms with E-state index < -0.39 is 0 Å². The Morgan fingerprint density at radius 2 is 1.91 bits per heavy atom. The maximum Gasteiger partial charge on any atom is 0.139 e. The summed E-state index contributed by atoms with van der Waals surface area (Å²) in [4.78, 5) is 0. The molecule has 1 aromatic carbocycles. The average molecular weight is 143 g/mol. The van der Waals surface area contributed by atoms with Crippen molar-refractivity contribution in [1.29, 1.82) is 5.26 Å². The lowest BCUT2D eigenvalue weighted by atomic mass is 9.93. The summed E-state index contributed by atoms with van der Waals surface area (Å²) in [6.07, 6.45) is 0. The predicted molar refractivity (Wildman–Crippen MR) is 48.6 cm³/mol. The molecule has 0 spiro atoms. The molecule has 0 saturated heterocycles. The molecule has 1 nitrogen and oxygen atoms in total. The van der Waals surface area contributed by atoms with E-state index in [-0.39, 0.29) is 5.92 Å². The number of nitriles is 1. The van der Waals surface area contributed by atoms with Crippen molar-refractivity contribution in [1.82, 2.24) is 0 Å². The SMILES string of the molecule is Bc1ccc([C@H](C)C#N)cc1. The van der Waals surface area contributed by atoms with Gasteiger partial charge in [-0.15, -0.1) is 0 Å². The first-order valence-corrected chi connectivity index (χ1v) is 3.70. The lowest BCUT2D eigenvalue weighted by Gasteiger charge is -2.01. The van der Waals surface area contributed by atoms with Gasteiger partial charge in [-0.25, -0.2) is 0 Å². The van der Waals surface area contributed by atoms with Crippen LogP contribution in [0.1, 0.15) is 18.4 Å². The van der Waals surface area contributed by atoms with Crippen molar-refractivity contribution in [2.75, 3.05) is 0 Å². The normalized spacial score (nSPS) is 12.0. The molecule has 0 aliphatic rings. The third kappa shape index (κ3) is 1.85. The van der Waals surface area contributed by atoms with Crippen LogP contribution < -0.4 is 5.46 Å². The summed E-state index contributed by atoms with van der Waals surface area (Å²) in [7, 11) is 2.04. The van der Waals surface area contributed by atoms with Gasteiger partial charge < -0.3 is 0 Å². The minimum Gasteiger partial charge on any atom is -0.198 e. The van der Waals surface area contributed by atoms with Crippen LogP contribution in [-0.2, 0) is 0 Å². The Balaban J connectivity index is 2.92. The highest BCUT2D eigenvalue weighted by molar-refractivity contribution is 6.32. The Morgan fingerprint density at radius 3 is 2.36 bits per heavy atom. The van der Waals surface area contributed by atoms with E-state index in [4.69, 9.17) is 5.26 Å². The largest absolute Gasteiger partial charge is 0.198 e. The summed E-state index contributed by atoms with van der Waals surface area (Å²) >= 11 is 0. The summed E-state index contributed by atoms with van der Waals surface area (Å²) in [5, 5.41) is 8.61. The highest BCUT2D eigenvalue weighted by Crippen LogP contribution is 2.11. The van der Waals surface area contributed by atoms with Crippen LogP contribution >= 0.6 is 0 Å². The third-order valence-electron chi connectivity index (χ3n) is 1.77. The van der Waals surface area contributed by atoms with E-state index in [0.717, 1.165) is 5.56 Å². The maximum absolute atomic E-state index is 8.61. The van der Waals surface area contributed by atoms with Crippen LogP contribution in [0.5, 0.6) is 0 Å². The molecule has 0 saturated carbocycles. The van der Waals surface area contributed by atoms with Crippen LogP contribution in [0.3, 0.4) is 0 Å². The van der Waals surface area contributed by atoms with E-state index in [1.165, 1.54) is 5.46 Å². The van der Waals surface area contributed by atoms with Crippen LogP contribution in [0, 0.1) is 11.3 Å². The number of hydrogen-bond acceptors (Lipinski definition) is 1. The fourth-order valence-corrected chi connectivity index (χ4v) is 0.930.